The fraction of sp³-hybridized carbons (Fsp3) is 0.500. The summed E-state index contributed by atoms with van der Waals surface area (Å²) in [6, 6.07) is 0. The van der Waals surface area contributed by atoms with E-state index in [0.717, 1.165) is 6.42 Å². The molecule has 40 heavy (non-hydrogen) atoms. The molecule has 0 bridgehead atoms. The second kappa shape index (κ2) is 16.0. The Morgan fingerprint density at radius 2 is 1.45 bits per heavy atom. The van der Waals surface area contributed by atoms with Crippen molar-refractivity contribution in [3.8, 4) is 0 Å². The second-order valence-electron chi connectivity index (χ2n) is 13.6. The topological polar surface area (TPSA) is 0 Å². The zero-order valence-corrected chi connectivity index (χ0v) is 27.5. The average molecular weight is 539 g/mol. The molecule has 0 N–H and O–H groups in total. The summed E-state index contributed by atoms with van der Waals surface area (Å²) in [5, 5.41) is 0. The molecule has 0 aliphatic heterocycles. The fourth-order valence-electron chi connectivity index (χ4n) is 5.98. The van der Waals surface area contributed by atoms with Gasteiger partial charge in [0.15, 0.2) is 0 Å². The van der Waals surface area contributed by atoms with Gasteiger partial charge in [0.2, 0.25) is 0 Å². The molecule has 0 saturated heterocycles. The minimum absolute atomic E-state index is 0.294. The standard InChI is InChI=1S/C40H58/c1-31(19-13-21-33(3)25-27-37-35(5)23-15-29-39(37,7)8)17-11-12-18-32(2)20-14-22-34(4)26-28-38-36(6)24-16-30-40(38,9)10/h11-14,17-21,25-28,34H,15-16,22-24,29-30H2,1-10H3/q-2/b12-11+,19-13+,20-14?,28-26+,31-17+,32-18+,33-25+. The third-order valence-electron chi connectivity index (χ3n) is 8.63. The summed E-state index contributed by atoms with van der Waals surface area (Å²) in [5.74, 6) is 0.545. The molecule has 0 fully saturated rings. The van der Waals surface area contributed by atoms with Crippen LogP contribution < -0.4 is 0 Å². The van der Waals surface area contributed by atoms with Crippen molar-refractivity contribution in [3.05, 3.63) is 119 Å². The fourth-order valence-corrected chi connectivity index (χ4v) is 5.98. The minimum Gasteiger partial charge on any atom is -0.265 e. The third-order valence-corrected chi connectivity index (χ3v) is 8.63. The zero-order valence-electron chi connectivity index (χ0n) is 27.5. The molecule has 0 heteroatoms. The van der Waals surface area contributed by atoms with Crippen molar-refractivity contribution in [1.82, 2.24) is 0 Å². The molecule has 0 radical (unpaired) electrons. The Kier molecular flexibility index (Phi) is 13.4. The predicted molar refractivity (Wildman–Crippen MR) is 181 cm³/mol. The molecule has 0 spiro atoms. The molecule has 0 amide bonds. The van der Waals surface area contributed by atoms with E-state index in [9.17, 15) is 0 Å². The molecule has 0 saturated carbocycles. The van der Waals surface area contributed by atoms with Gasteiger partial charge >= 0.3 is 0 Å². The van der Waals surface area contributed by atoms with Crippen LogP contribution in [0.3, 0.4) is 0 Å². The predicted octanol–water partition coefficient (Wildman–Crippen LogP) is 12.5. The Balaban J connectivity index is 1.79. The summed E-state index contributed by atoms with van der Waals surface area (Å²) >= 11 is 0. The highest BCUT2D eigenvalue weighted by Gasteiger charge is 2.26. The van der Waals surface area contributed by atoms with Crippen LogP contribution in [0.4, 0.5) is 0 Å². The normalized spacial score (nSPS) is 21.9. The SMILES string of the molecule is CC1=C(/C=C/C(C)CC=C/C(C)=C/C=C/C=C(C)/C=C/[CH-]/C(C)=C/[CH-]C2=C(C)CCCC2(C)C)C(C)(C)CCC1. The number of hydrogen-bond acceptors (Lipinski definition) is 0. The first kappa shape index (κ1) is 33.6. The lowest BCUT2D eigenvalue weighted by Gasteiger charge is -2.40. The monoisotopic (exact) mass is 538 g/mol. The molecule has 2 rings (SSSR count). The van der Waals surface area contributed by atoms with Crippen LogP contribution in [0.15, 0.2) is 106 Å². The van der Waals surface area contributed by atoms with E-state index in [0.29, 0.717) is 16.7 Å². The Labute approximate surface area is 249 Å². The largest absolute Gasteiger partial charge is 0.265 e. The van der Waals surface area contributed by atoms with Crippen molar-refractivity contribution in [2.75, 3.05) is 0 Å². The van der Waals surface area contributed by atoms with Gasteiger partial charge in [0.1, 0.15) is 0 Å². The van der Waals surface area contributed by atoms with E-state index < -0.39 is 0 Å². The van der Waals surface area contributed by atoms with Crippen LogP contribution in [0.5, 0.6) is 0 Å². The summed E-state index contributed by atoms with van der Waals surface area (Å²) in [6.07, 6.45) is 37.9. The van der Waals surface area contributed by atoms with Crippen molar-refractivity contribution in [2.45, 2.75) is 114 Å². The van der Waals surface area contributed by atoms with Crippen molar-refractivity contribution < 1.29 is 0 Å². The van der Waals surface area contributed by atoms with Crippen LogP contribution in [0.25, 0.3) is 0 Å². The van der Waals surface area contributed by atoms with Crippen LogP contribution in [0.1, 0.15) is 114 Å². The Hall–Kier alpha value is -2.60. The van der Waals surface area contributed by atoms with Crippen molar-refractivity contribution >= 4 is 0 Å². The highest BCUT2D eigenvalue weighted by Crippen LogP contribution is 2.42. The van der Waals surface area contributed by atoms with E-state index in [-0.39, 0.29) is 0 Å². The van der Waals surface area contributed by atoms with Gasteiger partial charge in [0.25, 0.3) is 0 Å². The van der Waals surface area contributed by atoms with E-state index in [2.05, 4.69) is 149 Å². The molecule has 0 nitrogen and oxygen atoms in total. The average Bonchev–Trinajstić information content (AvgIpc) is 2.85. The van der Waals surface area contributed by atoms with Gasteiger partial charge in [-0.1, -0.05) is 121 Å². The van der Waals surface area contributed by atoms with E-state index in [4.69, 9.17) is 0 Å². The van der Waals surface area contributed by atoms with Crippen LogP contribution in [-0.4, -0.2) is 0 Å². The van der Waals surface area contributed by atoms with Crippen molar-refractivity contribution in [2.24, 2.45) is 16.7 Å². The summed E-state index contributed by atoms with van der Waals surface area (Å²) in [5.41, 5.74) is 10.6. The summed E-state index contributed by atoms with van der Waals surface area (Å²) in [7, 11) is 0. The van der Waals surface area contributed by atoms with Gasteiger partial charge in [-0.2, -0.15) is 23.3 Å². The quantitative estimate of drug-likeness (QED) is 0.171. The molecule has 220 valence electrons. The maximum absolute atomic E-state index is 2.41. The first-order valence-electron chi connectivity index (χ1n) is 15.6. The van der Waals surface area contributed by atoms with E-state index in [1.54, 1.807) is 16.7 Å². The molecule has 2 aliphatic carbocycles. The Morgan fingerprint density at radius 1 is 0.850 bits per heavy atom. The summed E-state index contributed by atoms with van der Waals surface area (Å²) < 4.78 is 0. The lowest BCUT2D eigenvalue weighted by molar-refractivity contribution is 0.373. The molecule has 0 aromatic rings. The van der Waals surface area contributed by atoms with Gasteiger partial charge in [0, 0.05) is 0 Å². The van der Waals surface area contributed by atoms with Gasteiger partial charge in [-0.05, 0) is 68.3 Å². The van der Waals surface area contributed by atoms with Crippen molar-refractivity contribution in [3.63, 3.8) is 0 Å². The maximum Gasteiger partial charge on any atom is -0.0104 e. The summed E-state index contributed by atoms with van der Waals surface area (Å²) in [4.78, 5) is 0. The Morgan fingerprint density at radius 3 is 2.08 bits per heavy atom. The van der Waals surface area contributed by atoms with Gasteiger partial charge in [-0.25, -0.2) is 12.8 Å². The highest BCUT2D eigenvalue weighted by molar-refractivity contribution is 5.37. The van der Waals surface area contributed by atoms with Crippen LogP contribution >= 0.6 is 0 Å². The van der Waals surface area contributed by atoms with Gasteiger partial charge in [-0.15, -0.1) is 12.5 Å². The molecule has 2 aliphatic rings. The molecule has 0 aromatic carbocycles. The molecule has 1 unspecified atom stereocenters. The highest BCUT2D eigenvalue weighted by atomic mass is 14.3. The van der Waals surface area contributed by atoms with Gasteiger partial charge in [0.05, 0.1) is 0 Å². The molecule has 0 aromatic heterocycles. The van der Waals surface area contributed by atoms with Crippen molar-refractivity contribution in [1.29, 1.82) is 0 Å². The smallest absolute Gasteiger partial charge is 0.0104 e. The first-order chi connectivity index (χ1) is 18.8. The van der Waals surface area contributed by atoms with E-state index in [1.165, 1.54) is 60.8 Å². The van der Waals surface area contributed by atoms with Gasteiger partial charge < -0.3 is 0 Å². The zero-order chi connectivity index (χ0) is 29.8. The first-order valence-corrected chi connectivity index (χ1v) is 15.6. The Bertz CT molecular complexity index is 1110. The van der Waals surface area contributed by atoms with E-state index in [1.807, 2.05) is 0 Å². The number of rotatable bonds is 12. The van der Waals surface area contributed by atoms with Crippen LogP contribution in [0, 0.1) is 29.6 Å². The molecule has 0 heterocycles. The lowest BCUT2D eigenvalue weighted by atomic mass is 9.71. The maximum atomic E-state index is 2.41. The third kappa shape index (κ3) is 11.5. The number of allylic oxidation sites excluding steroid dienone is 18. The van der Waals surface area contributed by atoms with E-state index >= 15 is 0 Å². The summed E-state index contributed by atoms with van der Waals surface area (Å²) in [6.45, 7) is 23.0. The van der Waals surface area contributed by atoms with Gasteiger partial charge in [-0.3, -0.25) is 11.6 Å². The molecular formula is C40H58-2. The van der Waals surface area contributed by atoms with Crippen LogP contribution in [0.2, 0.25) is 0 Å². The lowest BCUT2D eigenvalue weighted by Crippen LogP contribution is -2.20. The molecule has 1 atom stereocenters. The second-order valence-corrected chi connectivity index (χ2v) is 13.6. The number of hydrogen-bond donors (Lipinski definition) is 0. The molecular weight excluding hydrogens is 480 g/mol. The van der Waals surface area contributed by atoms with Crippen LogP contribution in [-0.2, 0) is 0 Å². The minimum atomic E-state index is 0.294.